The number of methoxy groups -OCH3 is 1. The summed E-state index contributed by atoms with van der Waals surface area (Å²) in [5, 5.41) is 6.71. The first kappa shape index (κ1) is 15.7. The fraction of sp³-hybridized carbons (Fsp3) is 0.176. The van der Waals surface area contributed by atoms with Gasteiger partial charge >= 0.3 is 0 Å². The van der Waals surface area contributed by atoms with Crippen LogP contribution in [0, 0.1) is 0 Å². The van der Waals surface area contributed by atoms with Crippen LogP contribution in [-0.4, -0.2) is 28.1 Å². The molecule has 0 bridgehead atoms. The molecule has 2 aromatic heterocycles. The van der Waals surface area contributed by atoms with E-state index in [1.54, 1.807) is 31.6 Å². The summed E-state index contributed by atoms with van der Waals surface area (Å²) in [6, 6.07) is 10.9. The van der Waals surface area contributed by atoms with E-state index in [9.17, 15) is 4.79 Å². The molecule has 0 spiro atoms. The minimum Gasteiger partial charge on any atom is -0.496 e. The zero-order valence-corrected chi connectivity index (χ0v) is 13.1. The van der Waals surface area contributed by atoms with Gasteiger partial charge in [-0.1, -0.05) is 17.3 Å². The van der Waals surface area contributed by atoms with Crippen LogP contribution in [0.25, 0.3) is 11.4 Å². The number of nitrogens with one attached hydrogen (secondary N) is 1. The number of carbonyl (C=O) groups excluding carboxylic acids is 1. The predicted molar refractivity (Wildman–Crippen MR) is 87.5 cm³/mol. The Morgan fingerprint density at radius 3 is 2.92 bits per heavy atom. The molecule has 0 aliphatic heterocycles. The van der Waals surface area contributed by atoms with Gasteiger partial charge in [0.1, 0.15) is 5.75 Å². The summed E-state index contributed by atoms with van der Waals surface area (Å²) in [7, 11) is 1.59. The van der Waals surface area contributed by atoms with Crippen molar-refractivity contribution in [2.45, 2.75) is 12.8 Å². The molecule has 24 heavy (non-hydrogen) atoms. The Balaban J connectivity index is 1.61. The summed E-state index contributed by atoms with van der Waals surface area (Å²) in [6.07, 6.45) is 3.83. The van der Waals surface area contributed by atoms with Crippen molar-refractivity contribution < 1.29 is 14.1 Å². The van der Waals surface area contributed by atoms with Crippen LogP contribution in [0.5, 0.6) is 5.75 Å². The van der Waals surface area contributed by atoms with Crippen LogP contribution < -0.4 is 10.1 Å². The fourth-order valence-electron chi connectivity index (χ4n) is 2.18. The van der Waals surface area contributed by atoms with Crippen molar-refractivity contribution in [3.63, 3.8) is 0 Å². The van der Waals surface area contributed by atoms with Gasteiger partial charge < -0.3 is 14.6 Å². The lowest BCUT2D eigenvalue weighted by atomic mass is 10.2. The molecule has 0 saturated carbocycles. The third-order valence-electron chi connectivity index (χ3n) is 3.33. The molecule has 0 fully saturated rings. The lowest BCUT2D eigenvalue weighted by Crippen LogP contribution is -2.12. The maximum Gasteiger partial charge on any atom is 0.227 e. The highest BCUT2D eigenvalue weighted by atomic mass is 16.5. The molecule has 1 N–H and O–H groups in total. The number of para-hydroxylation sites is 1. The van der Waals surface area contributed by atoms with E-state index in [-0.39, 0.29) is 12.3 Å². The first-order valence-corrected chi connectivity index (χ1v) is 7.42. The lowest BCUT2D eigenvalue weighted by molar-refractivity contribution is -0.116. The fourth-order valence-corrected chi connectivity index (χ4v) is 2.18. The Morgan fingerprint density at radius 1 is 1.25 bits per heavy atom. The lowest BCUT2D eigenvalue weighted by Gasteiger charge is -2.03. The van der Waals surface area contributed by atoms with Gasteiger partial charge in [0.25, 0.3) is 0 Å². The number of hydrogen-bond donors (Lipinski definition) is 1. The summed E-state index contributed by atoms with van der Waals surface area (Å²) < 4.78 is 10.5. The van der Waals surface area contributed by atoms with Crippen LogP contribution in [-0.2, 0) is 11.2 Å². The average Bonchev–Trinajstić information content (AvgIpc) is 3.09. The van der Waals surface area contributed by atoms with E-state index < -0.39 is 0 Å². The molecule has 7 nitrogen and oxygen atoms in total. The summed E-state index contributed by atoms with van der Waals surface area (Å²) in [6.45, 7) is 0. The molecule has 0 atom stereocenters. The van der Waals surface area contributed by atoms with Crippen molar-refractivity contribution in [1.29, 1.82) is 0 Å². The number of aryl methyl sites for hydroxylation is 1. The molecule has 0 radical (unpaired) electrons. The van der Waals surface area contributed by atoms with Crippen LogP contribution in [0.2, 0.25) is 0 Å². The summed E-state index contributed by atoms with van der Waals surface area (Å²) in [5.41, 5.74) is 1.40. The van der Waals surface area contributed by atoms with Crippen LogP contribution in [0.1, 0.15) is 12.3 Å². The van der Waals surface area contributed by atoms with Crippen molar-refractivity contribution >= 4 is 11.6 Å². The smallest absolute Gasteiger partial charge is 0.227 e. The van der Waals surface area contributed by atoms with E-state index in [1.165, 1.54) is 0 Å². The zero-order chi connectivity index (χ0) is 16.8. The third kappa shape index (κ3) is 3.75. The van der Waals surface area contributed by atoms with Crippen molar-refractivity contribution in [2.75, 3.05) is 12.4 Å². The molecular formula is C17H16N4O3. The quantitative estimate of drug-likeness (QED) is 0.750. The Hall–Kier alpha value is -3.22. The molecule has 0 aliphatic rings. The SMILES string of the molecule is COc1ccccc1-c1noc(CCC(=O)Nc2cccnc2)n1. The van der Waals surface area contributed by atoms with Crippen molar-refractivity contribution in [1.82, 2.24) is 15.1 Å². The summed E-state index contributed by atoms with van der Waals surface area (Å²) >= 11 is 0. The monoisotopic (exact) mass is 324 g/mol. The average molecular weight is 324 g/mol. The van der Waals surface area contributed by atoms with Crippen molar-refractivity contribution in [3.8, 4) is 17.1 Å². The Kier molecular flexibility index (Phi) is 4.81. The van der Waals surface area contributed by atoms with E-state index >= 15 is 0 Å². The van der Waals surface area contributed by atoms with Gasteiger partial charge in [-0.05, 0) is 24.3 Å². The highest BCUT2D eigenvalue weighted by Gasteiger charge is 2.13. The number of anilines is 1. The van der Waals surface area contributed by atoms with E-state index in [2.05, 4.69) is 20.4 Å². The van der Waals surface area contributed by atoms with Crippen LogP contribution >= 0.6 is 0 Å². The first-order chi connectivity index (χ1) is 11.8. The highest BCUT2D eigenvalue weighted by molar-refractivity contribution is 5.90. The van der Waals surface area contributed by atoms with Gasteiger partial charge in [0.2, 0.25) is 17.6 Å². The minimum atomic E-state index is -0.139. The molecule has 7 heteroatoms. The van der Waals surface area contributed by atoms with Gasteiger partial charge in [-0.15, -0.1) is 0 Å². The summed E-state index contributed by atoms with van der Waals surface area (Å²) in [4.78, 5) is 20.2. The molecule has 0 aliphatic carbocycles. The molecule has 0 unspecified atom stereocenters. The molecule has 122 valence electrons. The van der Waals surface area contributed by atoms with Gasteiger partial charge in [-0.25, -0.2) is 0 Å². The number of hydrogen-bond acceptors (Lipinski definition) is 6. The second-order valence-corrected chi connectivity index (χ2v) is 5.00. The first-order valence-electron chi connectivity index (χ1n) is 7.42. The maximum atomic E-state index is 11.9. The van der Waals surface area contributed by atoms with Gasteiger partial charge in [-0.2, -0.15) is 4.98 Å². The second kappa shape index (κ2) is 7.36. The van der Waals surface area contributed by atoms with Gasteiger partial charge in [0.05, 0.1) is 24.6 Å². The Bertz CT molecular complexity index is 817. The molecule has 3 aromatic rings. The van der Waals surface area contributed by atoms with E-state index in [4.69, 9.17) is 9.26 Å². The Labute approximate surface area is 138 Å². The third-order valence-corrected chi connectivity index (χ3v) is 3.33. The van der Waals surface area contributed by atoms with Gasteiger partial charge in [-0.3, -0.25) is 9.78 Å². The van der Waals surface area contributed by atoms with Gasteiger partial charge in [0, 0.05) is 19.0 Å². The Morgan fingerprint density at radius 2 is 2.12 bits per heavy atom. The standard InChI is InChI=1S/C17H16N4O3/c1-23-14-7-3-2-6-13(14)17-20-16(24-21-17)9-8-15(22)19-12-5-4-10-18-11-12/h2-7,10-11H,8-9H2,1H3,(H,19,22). The van der Waals surface area contributed by atoms with Crippen molar-refractivity contribution in [2.24, 2.45) is 0 Å². The summed E-state index contributed by atoms with van der Waals surface area (Å²) in [5.74, 6) is 1.37. The van der Waals surface area contributed by atoms with Crippen molar-refractivity contribution in [3.05, 3.63) is 54.7 Å². The van der Waals surface area contributed by atoms with E-state index in [0.717, 1.165) is 5.56 Å². The number of amides is 1. The molecule has 1 amide bonds. The molecule has 2 heterocycles. The molecular weight excluding hydrogens is 308 g/mol. The normalized spacial score (nSPS) is 10.4. The predicted octanol–water partition coefficient (Wildman–Crippen LogP) is 2.71. The second-order valence-electron chi connectivity index (χ2n) is 5.00. The van der Waals surface area contributed by atoms with Crippen LogP contribution in [0.3, 0.4) is 0 Å². The zero-order valence-electron chi connectivity index (χ0n) is 13.1. The van der Waals surface area contributed by atoms with E-state index in [1.807, 2.05) is 24.3 Å². The number of rotatable bonds is 6. The number of benzene rings is 1. The number of nitrogens with zero attached hydrogens (tertiary/aromatic N) is 3. The highest BCUT2D eigenvalue weighted by Crippen LogP contribution is 2.27. The maximum absolute atomic E-state index is 11.9. The van der Waals surface area contributed by atoms with Crippen LogP contribution in [0.15, 0.2) is 53.3 Å². The minimum absolute atomic E-state index is 0.139. The molecule has 3 rings (SSSR count). The van der Waals surface area contributed by atoms with E-state index in [0.29, 0.717) is 29.6 Å². The number of pyridine rings is 1. The topological polar surface area (TPSA) is 90.1 Å². The number of carbonyl (C=O) groups is 1. The number of aromatic nitrogens is 3. The largest absolute Gasteiger partial charge is 0.496 e. The molecule has 1 aromatic carbocycles. The van der Waals surface area contributed by atoms with Crippen LogP contribution in [0.4, 0.5) is 5.69 Å². The van der Waals surface area contributed by atoms with Gasteiger partial charge in [0.15, 0.2) is 0 Å². The molecule has 0 saturated heterocycles. The number of ether oxygens (including phenoxy) is 1.